The number of nitrogens with one attached hydrogen (secondary N) is 2. The fraction of sp³-hybridized carbons (Fsp3) is 0.591. The quantitative estimate of drug-likeness (QED) is 0.247. The number of benzene rings is 1. The normalized spacial score (nSPS) is 13.4. The van der Waals surface area contributed by atoms with Gasteiger partial charge < -0.3 is 20.4 Å². The van der Waals surface area contributed by atoms with Crippen LogP contribution in [0.15, 0.2) is 29.3 Å². The summed E-state index contributed by atoms with van der Waals surface area (Å²) in [5.41, 5.74) is 2.02. The fourth-order valence-corrected chi connectivity index (χ4v) is 3.37. The van der Waals surface area contributed by atoms with Gasteiger partial charge in [-0.3, -0.25) is 14.6 Å². The first-order valence-electron chi connectivity index (χ1n) is 10.4. The number of carbonyl (C=O) groups is 2. The number of carbonyl (C=O) groups excluding carboxylic acids is 2. The van der Waals surface area contributed by atoms with Gasteiger partial charge in [-0.25, -0.2) is 0 Å². The van der Waals surface area contributed by atoms with Gasteiger partial charge in [0.15, 0.2) is 5.96 Å². The average Bonchev–Trinajstić information content (AvgIpc) is 3.06. The highest BCUT2D eigenvalue weighted by molar-refractivity contribution is 14.0. The summed E-state index contributed by atoms with van der Waals surface area (Å²) >= 11 is 0. The van der Waals surface area contributed by atoms with Crippen molar-refractivity contribution in [1.29, 1.82) is 0 Å². The lowest BCUT2D eigenvalue weighted by Gasteiger charge is -2.25. The van der Waals surface area contributed by atoms with Crippen LogP contribution >= 0.6 is 24.0 Å². The molecular weight excluding hydrogens is 493 g/mol. The van der Waals surface area contributed by atoms with Gasteiger partial charge in [-0.05, 0) is 52.2 Å². The monoisotopic (exact) mass is 529 g/mol. The van der Waals surface area contributed by atoms with Crippen LogP contribution < -0.4 is 15.5 Å². The molecule has 1 aromatic rings. The molecule has 0 unspecified atom stereocenters. The van der Waals surface area contributed by atoms with E-state index < -0.39 is 0 Å². The van der Waals surface area contributed by atoms with E-state index in [1.54, 1.807) is 0 Å². The predicted octanol–water partition coefficient (Wildman–Crippen LogP) is 2.79. The average molecular weight is 529 g/mol. The summed E-state index contributed by atoms with van der Waals surface area (Å²) in [6.45, 7) is 10.1. The molecule has 1 aliphatic heterocycles. The third kappa shape index (κ3) is 8.12. The zero-order valence-electron chi connectivity index (χ0n) is 18.8. The smallest absolute Gasteiger partial charge is 0.240 e. The van der Waals surface area contributed by atoms with Crippen LogP contribution in [0.2, 0.25) is 0 Å². The van der Waals surface area contributed by atoms with Gasteiger partial charge in [-0.15, -0.1) is 24.0 Å². The summed E-state index contributed by atoms with van der Waals surface area (Å²) in [7, 11) is 1.84. The number of hydrogen-bond acceptors (Lipinski definition) is 3. The maximum atomic E-state index is 12.6. The Balaban J connectivity index is 0.00000450. The summed E-state index contributed by atoms with van der Waals surface area (Å²) in [6.07, 6.45) is 2.06. The van der Waals surface area contributed by atoms with Crippen molar-refractivity contribution in [2.75, 3.05) is 38.1 Å². The maximum Gasteiger partial charge on any atom is 0.240 e. The standard InChI is InChI=1S/C22H35N5O2.HI/c1-6-23-21(26(5)16-19(28)25-22(2,3)4)24-14-9-12-20(29)27-15-13-17-10-7-8-11-18(17)27;/h7-8,10-11H,6,9,12-16H2,1-5H3,(H,23,24)(H,25,28);1H. The number of para-hydroxylation sites is 1. The molecule has 7 nitrogen and oxygen atoms in total. The van der Waals surface area contributed by atoms with Gasteiger partial charge in [0.1, 0.15) is 0 Å². The second kappa shape index (κ2) is 12.1. The molecule has 168 valence electrons. The third-order valence-electron chi connectivity index (χ3n) is 4.59. The van der Waals surface area contributed by atoms with Gasteiger partial charge >= 0.3 is 0 Å². The van der Waals surface area contributed by atoms with Crippen LogP contribution in [0.3, 0.4) is 0 Å². The van der Waals surface area contributed by atoms with Crippen LogP contribution in [-0.4, -0.2) is 61.4 Å². The van der Waals surface area contributed by atoms with Gasteiger partial charge in [0.25, 0.3) is 0 Å². The Bertz CT molecular complexity index is 745. The highest BCUT2D eigenvalue weighted by Gasteiger charge is 2.23. The molecule has 2 amide bonds. The second-order valence-electron chi connectivity index (χ2n) is 8.42. The lowest BCUT2D eigenvalue weighted by molar-refractivity contribution is -0.122. The fourth-order valence-electron chi connectivity index (χ4n) is 3.37. The van der Waals surface area contributed by atoms with Crippen molar-refractivity contribution < 1.29 is 9.59 Å². The van der Waals surface area contributed by atoms with Crippen LogP contribution in [0, 0.1) is 0 Å². The lowest BCUT2D eigenvalue weighted by atomic mass is 10.1. The van der Waals surface area contributed by atoms with Gasteiger partial charge in [0.2, 0.25) is 11.8 Å². The van der Waals surface area contributed by atoms with Gasteiger partial charge in [-0.2, -0.15) is 0 Å². The summed E-state index contributed by atoms with van der Waals surface area (Å²) in [6, 6.07) is 8.09. The van der Waals surface area contributed by atoms with Crippen LogP contribution in [0.25, 0.3) is 0 Å². The molecule has 1 aromatic carbocycles. The molecule has 2 rings (SSSR count). The number of likely N-dealkylation sites (N-methyl/N-ethyl adjacent to an activating group) is 1. The van der Waals surface area contributed by atoms with Crippen molar-refractivity contribution in [2.24, 2.45) is 4.99 Å². The molecule has 0 atom stereocenters. The maximum absolute atomic E-state index is 12.6. The van der Waals surface area contributed by atoms with Crippen LogP contribution in [0.1, 0.15) is 46.1 Å². The first-order valence-corrected chi connectivity index (χ1v) is 10.4. The van der Waals surface area contributed by atoms with E-state index >= 15 is 0 Å². The number of guanidine groups is 1. The minimum Gasteiger partial charge on any atom is -0.357 e. The van der Waals surface area contributed by atoms with E-state index in [1.165, 1.54) is 5.56 Å². The highest BCUT2D eigenvalue weighted by atomic mass is 127. The zero-order chi connectivity index (χ0) is 21.4. The molecule has 1 heterocycles. The number of hydrogen-bond donors (Lipinski definition) is 2. The summed E-state index contributed by atoms with van der Waals surface area (Å²) in [5, 5.41) is 6.16. The van der Waals surface area contributed by atoms with Crippen molar-refractivity contribution in [3.05, 3.63) is 29.8 Å². The Morgan fingerprint density at radius 3 is 2.60 bits per heavy atom. The summed E-state index contributed by atoms with van der Waals surface area (Å²) in [5.74, 6) is 0.775. The minimum atomic E-state index is -0.262. The van der Waals surface area contributed by atoms with E-state index in [-0.39, 0.29) is 47.9 Å². The van der Waals surface area contributed by atoms with Crippen molar-refractivity contribution in [2.45, 2.75) is 52.5 Å². The van der Waals surface area contributed by atoms with Crippen molar-refractivity contribution >= 4 is 47.4 Å². The van der Waals surface area contributed by atoms with E-state index in [0.29, 0.717) is 31.9 Å². The molecule has 0 saturated carbocycles. The molecule has 0 saturated heterocycles. The Hall–Kier alpha value is -1.84. The Morgan fingerprint density at radius 1 is 1.23 bits per heavy atom. The molecule has 1 aliphatic rings. The van der Waals surface area contributed by atoms with E-state index in [2.05, 4.69) is 21.7 Å². The number of nitrogens with zero attached hydrogens (tertiary/aromatic N) is 3. The van der Waals surface area contributed by atoms with Crippen molar-refractivity contribution in [3.8, 4) is 0 Å². The molecule has 0 aliphatic carbocycles. The number of anilines is 1. The second-order valence-corrected chi connectivity index (χ2v) is 8.42. The highest BCUT2D eigenvalue weighted by Crippen LogP contribution is 2.27. The van der Waals surface area contributed by atoms with Crippen molar-refractivity contribution in [3.63, 3.8) is 0 Å². The van der Waals surface area contributed by atoms with Crippen molar-refractivity contribution in [1.82, 2.24) is 15.5 Å². The molecule has 30 heavy (non-hydrogen) atoms. The zero-order valence-corrected chi connectivity index (χ0v) is 21.2. The molecule has 0 bridgehead atoms. The molecule has 0 fully saturated rings. The molecule has 2 N–H and O–H groups in total. The SMILES string of the molecule is CCNC(=NCCCC(=O)N1CCc2ccccc21)N(C)CC(=O)NC(C)(C)C.I. The number of rotatable bonds is 7. The first kappa shape index (κ1) is 26.2. The van der Waals surface area contributed by atoms with E-state index in [0.717, 1.165) is 18.7 Å². The topological polar surface area (TPSA) is 77.0 Å². The van der Waals surface area contributed by atoms with Gasteiger partial charge in [0.05, 0.1) is 6.54 Å². The van der Waals surface area contributed by atoms with Gasteiger partial charge in [-0.1, -0.05) is 18.2 Å². The largest absolute Gasteiger partial charge is 0.357 e. The molecule has 0 spiro atoms. The number of aliphatic imine (C=N–C) groups is 1. The third-order valence-corrected chi connectivity index (χ3v) is 4.59. The first-order chi connectivity index (χ1) is 13.7. The van der Waals surface area contributed by atoms with Gasteiger partial charge in [0, 0.05) is 44.3 Å². The number of amides is 2. The lowest BCUT2D eigenvalue weighted by Crippen LogP contribution is -2.48. The summed E-state index contributed by atoms with van der Waals surface area (Å²) < 4.78 is 0. The minimum absolute atomic E-state index is 0. The molecular formula is C22H36IN5O2. The van der Waals surface area contributed by atoms with E-state index in [1.807, 2.05) is 62.7 Å². The Morgan fingerprint density at radius 2 is 1.93 bits per heavy atom. The van der Waals surface area contributed by atoms with Crippen LogP contribution in [0.4, 0.5) is 5.69 Å². The van der Waals surface area contributed by atoms with E-state index in [9.17, 15) is 9.59 Å². The Labute approximate surface area is 197 Å². The predicted molar refractivity (Wildman–Crippen MR) is 134 cm³/mol. The van der Waals surface area contributed by atoms with Crippen LogP contribution in [0.5, 0.6) is 0 Å². The molecule has 0 aromatic heterocycles. The molecule has 8 heteroatoms. The molecule has 0 radical (unpaired) electrons. The number of fused-ring (bicyclic) bond motifs is 1. The van der Waals surface area contributed by atoms with Crippen LogP contribution in [-0.2, 0) is 16.0 Å². The summed E-state index contributed by atoms with van der Waals surface area (Å²) in [4.78, 5) is 33.0. The Kier molecular flexibility index (Phi) is 10.6. The van der Waals surface area contributed by atoms with E-state index in [4.69, 9.17) is 0 Å². The number of halogens is 1.